The number of rotatable bonds is 7. The van der Waals surface area contributed by atoms with Crippen LogP contribution in [0.25, 0.3) is 0 Å². The highest BCUT2D eigenvalue weighted by molar-refractivity contribution is 5.41. The number of hydrogen-bond donors (Lipinski definition) is 0. The van der Waals surface area contributed by atoms with Gasteiger partial charge in [-0.15, -0.1) is 0 Å². The lowest BCUT2D eigenvalue weighted by Gasteiger charge is -2.35. The van der Waals surface area contributed by atoms with Crippen LogP contribution in [0.3, 0.4) is 0 Å². The van der Waals surface area contributed by atoms with E-state index in [1.807, 2.05) is 36.5 Å². The van der Waals surface area contributed by atoms with E-state index in [-0.39, 0.29) is 17.6 Å². The number of hydrogen-bond acceptors (Lipinski definition) is 3. The van der Waals surface area contributed by atoms with Crippen LogP contribution in [0.15, 0.2) is 66.9 Å². The number of halogens is 2. The third-order valence-corrected chi connectivity index (χ3v) is 6.11. The highest BCUT2D eigenvalue weighted by Gasteiger charge is 2.19. The fraction of sp³-hybridized carbons (Fsp3) is 0.346. The molecule has 0 amide bonds. The molecule has 1 aliphatic rings. The van der Waals surface area contributed by atoms with Crippen LogP contribution in [-0.2, 0) is 0 Å². The number of aryl methyl sites for hydroxylation is 1. The molecule has 0 aliphatic carbocycles. The smallest absolute Gasteiger partial charge is 0.128 e. The van der Waals surface area contributed by atoms with Crippen LogP contribution in [0.4, 0.5) is 14.6 Å². The maximum atomic E-state index is 13.4. The second-order valence-electron chi connectivity index (χ2n) is 8.32. The lowest BCUT2D eigenvalue weighted by Crippen LogP contribution is -2.47. The van der Waals surface area contributed by atoms with Crippen molar-refractivity contribution in [2.24, 2.45) is 0 Å². The van der Waals surface area contributed by atoms with Crippen LogP contribution in [0, 0.1) is 18.6 Å². The summed E-state index contributed by atoms with van der Waals surface area (Å²) < 4.78 is 26.8. The summed E-state index contributed by atoms with van der Waals surface area (Å²) in [5, 5.41) is 0. The maximum absolute atomic E-state index is 13.4. The number of benzene rings is 2. The summed E-state index contributed by atoms with van der Waals surface area (Å²) in [6.45, 7) is 7.13. The molecule has 1 aliphatic heterocycles. The van der Waals surface area contributed by atoms with Crippen LogP contribution in [0.5, 0.6) is 0 Å². The van der Waals surface area contributed by atoms with Gasteiger partial charge >= 0.3 is 0 Å². The van der Waals surface area contributed by atoms with Gasteiger partial charge in [0, 0.05) is 38.3 Å². The zero-order valence-corrected chi connectivity index (χ0v) is 18.0. The Balaban J connectivity index is 1.34. The van der Waals surface area contributed by atoms with E-state index in [1.165, 1.54) is 29.8 Å². The molecule has 4 rings (SSSR count). The van der Waals surface area contributed by atoms with E-state index in [4.69, 9.17) is 0 Å². The Morgan fingerprint density at radius 3 is 1.97 bits per heavy atom. The molecule has 0 bridgehead atoms. The second-order valence-corrected chi connectivity index (χ2v) is 8.32. The Hall–Kier alpha value is -2.79. The van der Waals surface area contributed by atoms with Gasteiger partial charge in [-0.1, -0.05) is 24.3 Å². The number of piperazine rings is 1. The molecule has 0 unspecified atom stereocenters. The molecule has 1 fully saturated rings. The summed E-state index contributed by atoms with van der Waals surface area (Å²) in [7, 11) is 0. The first-order valence-corrected chi connectivity index (χ1v) is 11.0. The van der Waals surface area contributed by atoms with Crippen molar-refractivity contribution in [3.63, 3.8) is 0 Å². The quantitative estimate of drug-likeness (QED) is 0.509. The monoisotopic (exact) mass is 421 g/mol. The minimum absolute atomic E-state index is 0.138. The lowest BCUT2D eigenvalue weighted by atomic mass is 9.87. The molecule has 3 aromatic rings. The van der Waals surface area contributed by atoms with Gasteiger partial charge < -0.3 is 4.90 Å². The molecule has 162 valence electrons. The Morgan fingerprint density at radius 2 is 1.42 bits per heavy atom. The van der Waals surface area contributed by atoms with Gasteiger partial charge in [0.1, 0.15) is 17.5 Å². The van der Waals surface area contributed by atoms with E-state index in [1.54, 1.807) is 0 Å². The SMILES string of the molecule is Cc1ccnc(N2CCN(CCCC(c3ccc(F)cc3)c3ccc(F)cc3)CC2)c1. The lowest BCUT2D eigenvalue weighted by molar-refractivity contribution is 0.251. The largest absolute Gasteiger partial charge is 0.354 e. The topological polar surface area (TPSA) is 19.4 Å². The predicted octanol–water partition coefficient (Wildman–Crippen LogP) is 5.40. The maximum Gasteiger partial charge on any atom is 0.128 e. The van der Waals surface area contributed by atoms with E-state index in [0.29, 0.717) is 0 Å². The van der Waals surface area contributed by atoms with E-state index in [0.717, 1.165) is 62.5 Å². The van der Waals surface area contributed by atoms with E-state index < -0.39 is 0 Å². The van der Waals surface area contributed by atoms with E-state index in [9.17, 15) is 8.78 Å². The van der Waals surface area contributed by atoms with Gasteiger partial charge in [0.05, 0.1) is 0 Å². The molecule has 0 spiro atoms. The van der Waals surface area contributed by atoms with Crippen LogP contribution in [0.2, 0.25) is 0 Å². The first kappa shape index (κ1) is 21.4. The minimum Gasteiger partial charge on any atom is -0.354 e. The molecular weight excluding hydrogens is 392 g/mol. The molecule has 0 radical (unpaired) electrons. The molecule has 0 saturated carbocycles. The molecule has 1 saturated heterocycles. The first-order valence-electron chi connectivity index (χ1n) is 11.0. The third kappa shape index (κ3) is 5.67. The van der Waals surface area contributed by atoms with Gasteiger partial charge in [-0.3, -0.25) is 4.90 Å². The Bertz CT molecular complexity index is 919. The second kappa shape index (κ2) is 10.0. The average Bonchev–Trinajstić information content (AvgIpc) is 2.79. The standard InChI is InChI=1S/C26H29F2N3/c1-20-12-13-29-26(19-20)31-17-15-30(16-18-31)14-2-3-25(21-4-8-23(27)9-5-21)22-6-10-24(28)11-7-22/h4-13,19,25H,2-3,14-18H2,1H3. The fourth-order valence-electron chi connectivity index (χ4n) is 4.33. The van der Waals surface area contributed by atoms with Crippen LogP contribution >= 0.6 is 0 Å². The summed E-state index contributed by atoms with van der Waals surface area (Å²) in [6.07, 6.45) is 3.85. The summed E-state index contributed by atoms with van der Waals surface area (Å²) in [4.78, 5) is 9.36. The molecule has 0 atom stereocenters. The van der Waals surface area contributed by atoms with E-state index >= 15 is 0 Å². The summed E-state index contributed by atoms with van der Waals surface area (Å²) in [5.41, 5.74) is 3.38. The molecule has 31 heavy (non-hydrogen) atoms. The van der Waals surface area contributed by atoms with Crippen molar-refractivity contribution >= 4 is 5.82 Å². The van der Waals surface area contributed by atoms with Gasteiger partial charge in [0.25, 0.3) is 0 Å². The highest BCUT2D eigenvalue weighted by Crippen LogP contribution is 2.30. The molecular formula is C26H29F2N3. The average molecular weight is 422 g/mol. The van der Waals surface area contributed by atoms with Crippen molar-refractivity contribution in [2.75, 3.05) is 37.6 Å². The normalized spacial score (nSPS) is 14.9. The molecule has 5 heteroatoms. The van der Waals surface area contributed by atoms with Crippen LogP contribution in [-0.4, -0.2) is 42.6 Å². The molecule has 0 N–H and O–H groups in total. The number of pyridine rings is 1. The van der Waals surface area contributed by atoms with Gasteiger partial charge in [-0.25, -0.2) is 13.8 Å². The van der Waals surface area contributed by atoms with Gasteiger partial charge in [-0.05, 0) is 79.4 Å². The van der Waals surface area contributed by atoms with Crippen molar-refractivity contribution < 1.29 is 8.78 Å². The summed E-state index contributed by atoms with van der Waals surface area (Å²) in [5.74, 6) is 0.733. The highest BCUT2D eigenvalue weighted by atomic mass is 19.1. The van der Waals surface area contributed by atoms with Crippen molar-refractivity contribution in [3.8, 4) is 0 Å². The van der Waals surface area contributed by atoms with Crippen molar-refractivity contribution in [1.29, 1.82) is 0 Å². The molecule has 2 aromatic carbocycles. The summed E-state index contributed by atoms with van der Waals surface area (Å²) >= 11 is 0. The van der Waals surface area contributed by atoms with E-state index in [2.05, 4.69) is 27.8 Å². The molecule has 3 nitrogen and oxygen atoms in total. The van der Waals surface area contributed by atoms with Gasteiger partial charge in [0.2, 0.25) is 0 Å². The number of nitrogens with zero attached hydrogens (tertiary/aromatic N) is 3. The summed E-state index contributed by atoms with van der Waals surface area (Å²) in [6, 6.07) is 17.6. The predicted molar refractivity (Wildman–Crippen MR) is 122 cm³/mol. The van der Waals surface area contributed by atoms with Crippen molar-refractivity contribution in [1.82, 2.24) is 9.88 Å². The Morgan fingerprint density at radius 1 is 0.839 bits per heavy atom. The number of aromatic nitrogens is 1. The zero-order chi connectivity index (χ0) is 21.6. The fourth-order valence-corrected chi connectivity index (χ4v) is 4.33. The van der Waals surface area contributed by atoms with Crippen molar-refractivity contribution in [3.05, 3.63) is 95.2 Å². The third-order valence-electron chi connectivity index (χ3n) is 6.11. The Labute approximate surface area is 183 Å². The van der Waals surface area contributed by atoms with Gasteiger partial charge in [0.15, 0.2) is 0 Å². The number of anilines is 1. The minimum atomic E-state index is -0.234. The molecule has 1 aromatic heterocycles. The molecule has 2 heterocycles. The van der Waals surface area contributed by atoms with Gasteiger partial charge in [-0.2, -0.15) is 0 Å². The van der Waals surface area contributed by atoms with Crippen molar-refractivity contribution in [2.45, 2.75) is 25.7 Å². The zero-order valence-electron chi connectivity index (χ0n) is 18.0. The van der Waals surface area contributed by atoms with Crippen LogP contribution < -0.4 is 4.90 Å². The Kier molecular flexibility index (Phi) is 6.92. The first-order chi connectivity index (χ1) is 15.1. The van der Waals surface area contributed by atoms with Crippen LogP contribution in [0.1, 0.15) is 35.4 Å².